The van der Waals surface area contributed by atoms with Gasteiger partial charge in [-0.3, -0.25) is 5.43 Å². The summed E-state index contributed by atoms with van der Waals surface area (Å²) in [5.74, 6) is 4.97. The number of hydrogen-bond donors (Lipinski definition) is 3. The molecule has 4 N–H and O–H groups in total. The van der Waals surface area contributed by atoms with Crippen molar-refractivity contribution in [1.82, 2.24) is 10.9 Å². The van der Waals surface area contributed by atoms with E-state index in [-0.39, 0.29) is 0 Å². The molecule has 2 amide bonds. The Morgan fingerprint density at radius 1 is 1.16 bits per heavy atom. The maximum atomic E-state index is 10.7. The van der Waals surface area contributed by atoms with E-state index < -0.39 is 12.2 Å². The van der Waals surface area contributed by atoms with Crippen molar-refractivity contribution in [3.05, 3.63) is 0 Å². The molecule has 0 aromatic heterocycles. The maximum Gasteiger partial charge on any atom is 0.427 e. The van der Waals surface area contributed by atoms with Gasteiger partial charge in [-0.25, -0.2) is 20.9 Å². The van der Waals surface area contributed by atoms with Crippen LogP contribution in [0.2, 0.25) is 0 Å². The predicted molar refractivity (Wildman–Crippen MR) is 72.4 cm³/mol. The Kier molecular flexibility index (Phi) is 13.0. The quantitative estimate of drug-likeness (QED) is 0.310. The van der Waals surface area contributed by atoms with Gasteiger partial charge in [0.2, 0.25) is 0 Å². The average Bonchev–Trinajstić information content (AvgIpc) is 2.37. The molecule has 0 saturated carbocycles. The van der Waals surface area contributed by atoms with E-state index in [1.54, 1.807) is 19.3 Å². The smallest absolute Gasteiger partial charge is 0.427 e. The lowest BCUT2D eigenvalue weighted by Crippen LogP contribution is -2.30. The first kappa shape index (κ1) is 19.5. The fourth-order valence-electron chi connectivity index (χ4n) is 0.599. The van der Waals surface area contributed by atoms with Crippen LogP contribution in [0.4, 0.5) is 9.59 Å². The van der Waals surface area contributed by atoms with Crippen LogP contribution < -0.4 is 16.7 Å². The van der Waals surface area contributed by atoms with Crippen molar-refractivity contribution in [2.45, 2.75) is 34.6 Å². The van der Waals surface area contributed by atoms with E-state index in [0.717, 1.165) is 5.71 Å². The van der Waals surface area contributed by atoms with E-state index in [0.29, 0.717) is 19.1 Å². The monoisotopic (exact) mass is 276 g/mol. The molecular weight excluding hydrogens is 252 g/mol. The normalized spacial score (nSPS) is 10.2. The number of carbonyl (C=O) groups is 2. The number of nitrogens with two attached hydrogens (primary N) is 1. The van der Waals surface area contributed by atoms with Gasteiger partial charge in [-0.05, 0) is 26.7 Å². The summed E-state index contributed by atoms with van der Waals surface area (Å²) in [6.45, 7) is 10.0. The molecule has 0 saturated heterocycles. The van der Waals surface area contributed by atoms with E-state index in [9.17, 15) is 9.59 Å². The molecule has 0 aliphatic heterocycles. The number of carbonyl (C=O) groups excluding carboxylic acids is 2. The lowest BCUT2D eigenvalue weighted by atomic mass is 10.1. The van der Waals surface area contributed by atoms with Gasteiger partial charge < -0.3 is 9.47 Å². The maximum absolute atomic E-state index is 10.7. The van der Waals surface area contributed by atoms with Gasteiger partial charge in [0.05, 0.1) is 13.2 Å². The van der Waals surface area contributed by atoms with Crippen LogP contribution in [-0.2, 0) is 9.47 Å². The zero-order chi connectivity index (χ0) is 15.3. The van der Waals surface area contributed by atoms with Crippen LogP contribution in [0.5, 0.6) is 0 Å². The van der Waals surface area contributed by atoms with Crippen LogP contribution in [0.3, 0.4) is 0 Å². The lowest BCUT2D eigenvalue weighted by molar-refractivity contribution is 0.151. The molecule has 0 fully saturated rings. The van der Waals surface area contributed by atoms with Crippen molar-refractivity contribution in [3.8, 4) is 0 Å². The summed E-state index contributed by atoms with van der Waals surface area (Å²) in [5, 5.41) is 3.83. The SMILES string of the molecule is CCOC(=O)N/N=C(/C)C(C)C.CCOC(=O)NN. The van der Waals surface area contributed by atoms with Gasteiger partial charge in [-0.1, -0.05) is 13.8 Å². The van der Waals surface area contributed by atoms with Crippen molar-refractivity contribution in [1.29, 1.82) is 0 Å². The van der Waals surface area contributed by atoms with Gasteiger partial charge in [-0.2, -0.15) is 5.10 Å². The molecule has 8 nitrogen and oxygen atoms in total. The molecule has 0 unspecified atom stereocenters. The van der Waals surface area contributed by atoms with Crippen molar-refractivity contribution in [3.63, 3.8) is 0 Å². The first-order valence-corrected chi connectivity index (χ1v) is 5.99. The molecule has 19 heavy (non-hydrogen) atoms. The number of ether oxygens (including phenoxy) is 2. The van der Waals surface area contributed by atoms with Crippen LogP contribution in [0.1, 0.15) is 34.6 Å². The molecule has 0 aromatic carbocycles. The summed E-state index contributed by atoms with van der Waals surface area (Å²) < 4.78 is 8.93. The second kappa shape index (κ2) is 12.6. The fraction of sp³-hybridized carbons (Fsp3) is 0.727. The third-order valence-corrected chi connectivity index (χ3v) is 1.83. The van der Waals surface area contributed by atoms with Crippen LogP contribution in [0.25, 0.3) is 0 Å². The van der Waals surface area contributed by atoms with Crippen molar-refractivity contribution in [2.24, 2.45) is 16.9 Å². The molecule has 0 radical (unpaired) electrons. The summed E-state index contributed by atoms with van der Waals surface area (Å²) in [7, 11) is 0. The summed E-state index contributed by atoms with van der Waals surface area (Å²) in [6.07, 6.45) is -1.10. The third kappa shape index (κ3) is 14.1. The molecule has 0 heterocycles. The highest BCUT2D eigenvalue weighted by molar-refractivity contribution is 5.84. The number of rotatable bonds is 4. The molecule has 8 heteroatoms. The second-order valence-corrected chi connectivity index (χ2v) is 3.60. The highest BCUT2D eigenvalue weighted by Crippen LogP contribution is 1.94. The third-order valence-electron chi connectivity index (χ3n) is 1.83. The van der Waals surface area contributed by atoms with Gasteiger partial charge in [0.15, 0.2) is 0 Å². The van der Waals surface area contributed by atoms with Crippen LogP contribution in [0, 0.1) is 5.92 Å². The summed E-state index contributed by atoms with van der Waals surface area (Å²) in [4.78, 5) is 20.7. The molecule has 0 atom stereocenters. The summed E-state index contributed by atoms with van der Waals surface area (Å²) in [5.41, 5.74) is 4.97. The van der Waals surface area contributed by atoms with Gasteiger partial charge >= 0.3 is 12.2 Å². The van der Waals surface area contributed by atoms with Gasteiger partial charge in [0.1, 0.15) is 0 Å². The largest absolute Gasteiger partial charge is 0.449 e. The summed E-state index contributed by atoms with van der Waals surface area (Å²) >= 11 is 0. The minimum atomic E-state index is -0.595. The minimum Gasteiger partial charge on any atom is -0.449 e. The Bertz CT molecular complexity index is 292. The van der Waals surface area contributed by atoms with E-state index in [2.05, 4.69) is 25.8 Å². The first-order valence-electron chi connectivity index (χ1n) is 5.99. The molecule has 0 aliphatic carbocycles. The number of hydrazine groups is 1. The Labute approximate surface area is 113 Å². The van der Waals surface area contributed by atoms with Gasteiger partial charge in [-0.15, -0.1) is 0 Å². The highest BCUT2D eigenvalue weighted by atomic mass is 16.6. The highest BCUT2D eigenvalue weighted by Gasteiger charge is 2.00. The Balaban J connectivity index is 0. The van der Waals surface area contributed by atoms with Crippen molar-refractivity contribution >= 4 is 17.9 Å². The van der Waals surface area contributed by atoms with Crippen molar-refractivity contribution < 1.29 is 19.1 Å². The molecule has 0 aromatic rings. The molecular formula is C11H24N4O4. The fourth-order valence-corrected chi connectivity index (χ4v) is 0.599. The predicted octanol–water partition coefficient (Wildman–Crippen LogP) is 1.37. The lowest BCUT2D eigenvalue weighted by Gasteiger charge is -2.04. The van der Waals surface area contributed by atoms with Crippen molar-refractivity contribution in [2.75, 3.05) is 13.2 Å². The van der Waals surface area contributed by atoms with E-state index in [1.165, 1.54) is 0 Å². The number of amides is 2. The molecule has 0 rings (SSSR count). The molecule has 0 aliphatic rings. The number of hydrazone groups is 1. The van der Waals surface area contributed by atoms with Crippen LogP contribution in [-0.4, -0.2) is 31.1 Å². The van der Waals surface area contributed by atoms with Crippen LogP contribution in [0.15, 0.2) is 5.10 Å². The Hall–Kier alpha value is -1.83. The zero-order valence-corrected chi connectivity index (χ0v) is 12.1. The van der Waals surface area contributed by atoms with E-state index in [4.69, 9.17) is 0 Å². The topological polar surface area (TPSA) is 115 Å². The van der Waals surface area contributed by atoms with E-state index in [1.807, 2.05) is 20.8 Å². The number of nitrogens with one attached hydrogen (secondary N) is 2. The standard InChI is InChI=1S/C8H16N2O2.C3H8N2O2/c1-5-12-8(11)10-9-7(4)6(2)3;1-2-7-3(6)5-4/h6H,5H2,1-4H3,(H,10,11);2,4H2,1H3,(H,5,6)/b9-7-;. The average molecular weight is 276 g/mol. The molecule has 112 valence electrons. The van der Waals surface area contributed by atoms with Gasteiger partial charge in [0, 0.05) is 5.71 Å². The first-order chi connectivity index (χ1) is 8.88. The molecule has 0 bridgehead atoms. The van der Waals surface area contributed by atoms with Crippen LogP contribution >= 0.6 is 0 Å². The van der Waals surface area contributed by atoms with Gasteiger partial charge in [0.25, 0.3) is 0 Å². The van der Waals surface area contributed by atoms with E-state index >= 15 is 0 Å². The number of hydrogen-bond acceptors (Lipinski definition) is 6. The number of nitrogens with zero attached hydrogens (tertiary/aromatic N) is 1. The Morgan fingerprint density at radius 3 is 1.95 bits per heavy atom. The molecule has 0 spiro atoms. The Morgan fingerprint density at radius 2 is 1.63 bits per heavy atom. The summed E-state index contributed by atoms with van der Waals surface area (Å²) in [6, 6.07) is 0. The minimum absolute atomic E-state index is 0.340. The second-order valence-electron chi connectivity index (χ2n) is 3.60. The zero-order valence-electron chi connectivity index (χ0n) is 12.1.